The zero-order valence-corrected chi connectivity index (χ0v) is 17.6. The molecule has 3 rings (SSSR count). The lowest BCUT2D eigenvalue weighted by molar-refractivity contribution is 0.0956. The fraction of sp³-hybridized carbons (Fsp3) is 0.316. The van der Waals surface area contributed by atoms with Crippen LogP contribution in [0, 0.1) is 13.8 Å². The van der Waals surface area contributed by atoms with Crippen molar-refractivity contribution in [2.75, 3.05) is 11.5 Å². The van der Waals surface area contributed by atoms with Crippen molar-refractivity contribution in [2.45, 2.75) is 38.6 Å². The summed E-state index contributed by atoms with van der Waals surface area (Å²) >= 11 is 1.21. The van der Waals surface area contributed by atoms with Crippen LogP contribution in [0.15, 0.2) is 29.2 Å². The maximum Gasteiger partial charge on any atom is 0.263 e. The number of sulfone groups is 1. The van der Waals surface area contributed by atoms with Gasteiger partial charge in [-0.1, -0.05) is 19.1 Å². The van der Waals surface area contributed by atoms with Crippen molar-refractivity contribution in [3.05, 3.63) is 46.0 Å². The molecular formula is C19H22N4O3S2. The van der Waals surface area contributed by atoms with E-state index in [0.717, 1.165) is 22.2 Å². The van der Waals surface area contributed by atoms with Gasteiger partial charge in [0.05, 0.1) is 22.0 Å². The summed E-state index contributed by atoms with van der Waals surface area (Å²) in [6.07, 6.45) is 0.570. The molecule has 0 atom stereocenters. The van der Waals surface area contributed by atoms with E-state index in [4.69, 9.17) is 5.73 Å². The molecule has 7 nitrogen and oxygen atoms in total. The molecule has 0 bridgehead atoms. The molecular weight excluding hydrogens is 396 g/mol. The molecule has 1 aromatic carbocycles. The molecule has 0 aliphatic heterocycles. The molecule has 0 spiro atoms. The number of hydrogen-bond acceptors (Lipinski definition) is 7. The molecule has 0 aliphatic carbocycles. The van der Waals surface area contributed by atoms with Gasteiger partial charge in [0.15, 0.2) is 9.84 Å². The number of anilines is 1. The summed E-state index contributed by atoms with van der Waals surface area (Å²) in [6, 6.07) is 6.55. The van der Waals surface area contributed by atoms with E-state index in [2.05, 4.69) is 15.5 Å². The number of benzene rings is 1. The van der Waals surface area contributed by atoms with Crippen LogP contribution in [-0.4, -0.2) is 30.3 Å². The van der Waals surface area contributed by atoms with Gasteiger partial charge in [-0.25, -0.2) is 8.42 Å². The number of nitrogens with two attached hydrogens (primary N) is 1. The third-order valence-electron chi connectivity index (χ3n) is 4.55. The minimum absolute atomic E-state index is 0.121. The van der Waals surface area contributed by atoms with Crippen molar-refractivity contribution >= 4 is 43.0 Å². The van der Waals surface area contributed by atoms with Crippen molar-refractivity contribution in [3.8, 4) is 0 Å². The monoisotopic (exact) mass is 418 g/mol. The first-order chi connectivity index (χ1) is 13.2. The highest BCUT2D eigenvalue weighted by Gasteiger charge is 2.20. The van der Waals surface area contributed by atoms with E-state index in [9.17, 15) is 13.2 Å². The number of amides is 1. The van der Waals surface area contributed by atoms with E-state index in [0.29, 0.717) is 26.7 Å². The predicted molar refractivity (Wildman–Crippen MR) is 111 cm³/mol. The average molecular weight is 419 g/mol. The van der Waals surface area contributed by atoms with Crippen LogP contribution in [0.2, 0.25) is 0 Å². The number of nitrogens with one attached hydrogen (secondary N) is 1. The number of nitrogens with zero attached hydrogens (tertiary/aromatic N) is 2. The van der Waals surface area contributed by atoms with Gasteiger partial charge in [0.2, 0.25) is 0 Å². The summed E-state index contributed by atoms with van der Waals surface area (Å²) in [5.41, 5.74) is 9.10. The van der Waals surface area contributed by atoms with Gasteiger partial charge in [-0.05, 0) is 43.5 Å². The lowest BCUT2D eigenvalue weighted by Gasteiger charge is -2.07. The summed E-state index contributed by atoms with van der Waals surface area (Å²) in [7, 11) is -3.24. The van der Waals surface area contributed by atoms with E-state index in [1.165, 1.54) is 11.3 Å². The largest absolute Gasteiger partial charge is 0.397 e. The molecule has 0 saturated heterocycles. The van der Waals surface area contributed by atoms with Crippen LogP contribution in [-0.2, 0) is 16.4 Å². The van der Waals surface area contributed by atoms with Gasteiger partial charge in [-0.2, -0.15) is 5.10 Å². The SMILES string of the molecule is CCCS(=O)(=O)c1ccc(CNC(=O)c2sc3nnc(C)c(C)c3c2N)cc1. The van der Waals surface area contributed by atoms with Gasteiger partial charge in [0, 0.05) is 11.9 Å². The molecule has 148 valence electrons. The summed E-state index contributed by atoms with van der Waals surface area (Å²) in [6.45, 7) is 5.86. The van der Waals surface area contributed by atoms with Crippen molar-refractivity contribution in [1.29, 1.82) is 0 Å². The second-order valence-corrected chi connectivity index (χ2v) is 9.69. The molecule has 28 heavy (non-hydrogen) atoms. The molecule has 0 fully saturated rings. The molecule has 0 saturated carbocycles. The van der Waals surface area contributed by atoms with Crippen LogP contribution in [0.4, 0.5) is 5.69 Å². The Labute approximate surface area is 167 Å². The highest BCUT2D eigenvalue weighted by molar-refractivity contribution is 7.91. The van der Waals surface area contributed by atoms with Gasteiger partial charge in [0.1, 0.15) is 9.71 Å². The number of fused-ring (bicyclic) bond motifs is 1. The van der Waals surface area contributed by atoms with Crippen molar-refractivity contribution in [2.24, 2.45) is 0 Å². The zero-order chi connectivity index (χ0) is 20.5. The number of carbonyl (C=O) groups excluding carboxylic acids is 1. The smallest absolute Gasteiger partial charge is 0.263 e. The Kier molecular flexibility index (Phi) is 5.66. The Hall–Kier alpha value is -2.52. The van der Waals surface area contributed by atoms with E-state index < -0.39 is 9.84 Å². The summed E-state index contributed by atoms with van der Waals surface area (Å²) in [4.78, 5) is 13.9. The molecule has 3 N–H and O–H groups in total. The molecule has 1 amide bonds. The molecule has 9 heteroatoms. The maximum atomic E-state index is 12.6. The Bertz CT molecular complexity index is 1140. The van der Waals surface area contributed by atoms with Crippen LogP contribution < -0.4 is 11.1 Å². The second kappa shape index (κ2) is 7.84. The van der Waals surface area contributed by atoms with Gasteiger partial charge >= 0.3 is 0 Å². The second-order valence-electron chi connectivity index (χ2n) is 6.58. The van der Waals surface area contributed by atoms with Crippen LogP contribution in [0.5, 0.6) is 0 Å². The van der Waals surface area contributed by atoms with Gasteiger partial charge in [-0.3, -0.25) is 4.79 Å². The highest BCUT2D eigenvalue weighted by Crippen LogP contribution is 2.34. The van der Waals surface area contributed by atoms with E-state index in [1.54, 1.807) is 24.3 Å². The molecule has 3 aromatic rings. The number of thiophene rings is 1. The number of rotatable bonds is 6. The van der Waals surface area contributed by atoms with E-state index in [-0.39, 0.29) is 18.2 Å². The number of aryl methyl sites for hydroxylation is 2. The first-order valence-electron chi connectivity index (χ1n) is 8.86. The van der Waals surface area contributed by atoms with Crippen molar-refractivity contribution in [3.63, 3.8) is 0 Å². The van der Waals surface area contributed by atoms with Crippen LogP contribution in [0.25, 0.3) is 10.2 Å². The summed E-state index contributed by atoms with van der Waals surface area (Å²) in [5.74, 6) is -0.170. The first kappa shape index (κ1) is 20.2. The lowest BCUT2D eigenvalue weighted by Crippen LogP contribution is -2.22. The number of hydrogen-bond donors (Lipinski definition) is 2. The van der Waals surface area contributed by atoms with Crippen LogP contribution >= 0.6 is 11.3 Å². The van der Waals surface area contributed by atoms with E-state index in [1.807, 2.05) is 20.8 Å². The van der Waals surface area contributed by atoms with Crippen LogP contribution in [0.3, 0.4) is 0 Å². The van der Waals surface area contributed by atoms with Gasteiger partial charge < -0.3 is 11.1 Å². The summed E-state index contributed by atoms with van der Waals surface area (Å²) in [5, 5.41) is 11.8. The van der Waals surface area contributed by atoms with Crippen LogP contribution in [0.1, 0.15) is 39.8 Å². The Morgan fingerprint density at radius 3 is 2.50 bits per heavy atom. The number of carbonyl (C=O) groups is 1. The highest BCUT2D eigenvalue weighted by atomic mass is 32.2. The van der Waals surface area contributed by atoms with Crippen molar-refractivity contribution in [1.82, 2.24) is 15.5 Å². The Morgan fingerprint density at radius 2 is 1.86 bits per heavy atom. The first-order valence-corrected chi connectivity index (χ1v) is 11.3. The fourth-order valence-electron chi connectivity index (χ4n) is 2.87. The normalized spacial score (nSPS) is 11.7. The number of nitrogen functional groups attached to an aromatic ring is 1. The van der Waals surface area contributed by atoms with Gasteiger partial charge in [-0.15, -0.1) is 16.4 Å². The predicted octanol–water partition coefficient (Wildman–Crippen LogP) is 3.00. The molecule has 2 aromatic heterocycles. The lowest BCUT2D eigenvalue weighted by atomic mass is 10.1. The quantitative estimate of drug-likeness (QED) is 0.636. The molecule has 0 unspecified atom stereocenters. The standard InChI is InChI=1S/C19H22N4O3S2/c1-4-9-28(25,26)14-7-5-13(6-8-14)10-21-18(24)17-16(20)15-11(2)12(3)22-23-19(15)27-17/h5-8H,4,9-10,20H2,1-3H3,(H,21,24). The minimum Gasteiger partial charge on any atom is -0.397 e. The molecule has 0 radical (unpaired) electrons. The topological polar surface area (TPSA) is 115 Å². The molecule has 2 heterocycles. The molecule has 0 aliphatic rings. The van der Waals surface area contributed by atoms with Crippen molar-refractivity contribution < 1.29 is 13.2 Å². The van der Waals surface area contributed by atoms with Gasteiger partial charge in [0.25, 0.3) is 5.91 Å². The number of aromatic nitrogens is 2. The minimum atomic E-state index is -3.24. The Morgan fingerprint density at radius 1 is 1.18 bits per heavy atom. The van der Waals surface area contributed by atoms with E-state index >= 15 is 0 Å². The fourth-order valence-corrected chi connectivity index (χ4v) is 5.21. The maximum absolute atomic E-state index is 12.6. The third kappa shape index (κ3) is 3.85. The summed E-state index contributed by atoms with van der Waals surface area (Å²) < 4.78 is 24.2. The third-order valence-corrected chi connectivity index (χ3v) is 7.57. The Balaban J connectivity index is 1.75. The zero-order valence-electron chi connectivity index (χ0n) is 15.9. The average Bonchev–Trinajstić information content (AvgIpc) is 3.00.